The van der Waals surface area contributed by atoms with E-state index in [-0.39, 0.29) is 0 Å². The third-order valence-corrected chi connectivity index (χ3v) is 4.01. The van der Waals surface area contributed by atoms with Crippen LogP contribution in [0.3, 0.4) is 0 Å². The predicted octanol–water partition coefficient (Wildman–Crippen LogP) is 6.73. The van der Waals surface area contributed by atoms with Crippen LogP contribution in [-0.4, -0.2) is 0 Å². The molecule has 0 bridgehead atoms. The molecule has 0 aliphatic heterocycles. The molecule has 1 unspecified atom stereocenters. The largest absolute Gasteiger partial charge is 0.0654 e. The van der Waals surface area contributed by atoms with Crippen molar-refractivity contribution in [3.05, 3.63) is 0 Å². The Kier molecular flexibility index (Phi) is 14.1. The summed E-state index contributed by atoms with van der Waals surface area (Å²) in [5.74, 6) is 1.02. The Morgan fingerprint density at radius 1 is 0.529 bits per heavy atom. The van der Waals surface area contributed by atoms with Crippen LogP contribution in [0, 0.1) is 5.92 Å². The Hall–Kier alpha value is 0. The van der Waals surface area contributed by atoms with Crippen LogP contribution < -0.4 is 0 Å². The molecule has 1 atom stereocenters. The normalized spacial score (nSPS) is 12.9. The predicted molar refractivity (Wildman–Crippen MR) is 80.5 cm³/mol. The van der Waals surface area contributed by atoms with Crippen molar-refractivity contribution in [3.8, 4) is 0 Å². The highest BCUT2D eigenvalue weighted by atomic mass is 14.1. The van der Waals surface area contributed by atoms with E-state index in [9.17, 15) is 0 Å². The minimum atomic E-state index is 1.02. The van der Waals surface area contributed by atoms with Gasteiger partial charge in [0.1, 0.15) is 0 Å². The number of rotatable bonds is 13. The second kappa shape index (κ2) is 14.1. The molecule has 0 saturated heterocycles. The van der Waals surface area contributed by atoms with Crippen LogP contribution in [0.25, 0.3) is 0 Å². The van der Waals surface area contributed by atoms with E-state index in [1.165, 1.54) is 83.5 Å². The van der Waals surface area contributed by atoms with Crippen LogP contribution in [-0.2, 0) is 0 Å². The molecule has 0 amide bonds. The van der Waals surface area contributed by atoms with Crippen LogP contribution in [0.4, 0.5) is 0 Å². The zero-order valence-corrected chi connectivity index (χ0v) is 12.8. The van der Waals surface area contributed by atoms with Gasteiger partial charge in [0.25, 0.3) is 0 Å². The lowest BCUT2D eigenvalue weighted by Crippen LogP contribution is -1.98. The Bertz CT molecular complexity index is 128. The average Bonchev–Trinajstić information content (AvgIpc) is 2.36. The molecule has 0 nitrogen and oxygen atoms in total. The maximum absolute atomic E-state index is 2.37. The van der Waals surface area contributed by atoms with E-state index in [0.717, 1.165) is 5.92 Å². The van der Waals surface area contributed by atoms with Gasteiger partial charge in [0.05, 0.1) is 0 Å². The second-order valence-electron chi connectivity index (χ2n) is 5.68. The molecular weight excluding hydrogens is 204 g/mol. The number of hydrogen-bond donors (Lipinski definition) is 0. The molecule has 0 heterocycles. The molecule has 0 rings (SSSR count). The summed E-state index contributed by atoms with van der Waals surface area (Å²) in [6.07, 6.45) is 18.8. The lowest BCUT2D eigenvalue weighted by Gasteiger charge is -2.13. The molecule has 0 aliphatic carbocycles. The molecule has 0 aliphatic rings. The minimum absolute atomic E-state index is 1.02. The van der Waals surface area contributed by atoms with Crippen molar-refractivity contribution in [2.75, 3.05) is 0 Å². The van der Waals surface area contributed by atoms with E-state index >= 15 is 0 Å². The molecule has 0 spiro atoms. The highest BCUT2D eigenvalue weighted by Gasteiger charge is 2.04. The molecule has 0 aromatic carbocycles. The fourth-order valence-corrected chi connectivity index (χ4v) is 2.61. The first-order valence-corrected chi connectivity index (χ1v) is 8.35. The van der Waals surface area contributed by atoms with E-state index in [4.69, 9.17) is 0 Å². The maximum Gasteiger partial charge on any atom is -0.0417 e. The Balaban J connectivity index is 3.19. The van der Waals surface area contributed by atoms with Gasteiger partial charge in [-0.3, -0.25) is 0 Å². The topological polar surface area (TPSA) is 0 Å². The van der Waals surface area contributed by atoms with Crippen LogP contribution in [0.1, 0.15) is 104 Å². The van der Waals surface area contributed by atoms with E-state index in [2.05, 4.69) is 20.8 Å². The second-order valence-corrected chi connectivity index (χ2v) is 5.68. The van der Waals surface area contributed by atoms with Crippen molar-refractivity contribution in [2.45, 2.75) is 104 Å². The SMILES string of the molecule is CCCCCCCCCCC(CC)CCCC. The zero-order chi connectivity index (χ0) is 12.8. The van der Waals surface area contributed by atoms with E-state index in [1.807, 2.05) is 0 Å². The van der Waals surface area contributed by atoms with E-state index < -0.39 is 0 Å². The van der Waals surface area contributed by atoms with Crippen LogP contribution in [0.15, 0.2) is 0 Å². The zero-order valence-electron chi connectivity index (χ0n) is 12.8. The summed E-state index contributed by atoms with van der Waals surface area (Å²) in [4.78, 5) is 0. The fourth-order valence-electron chi connectivity index (χ4n) is 2.61. The minimum Gasteiger partial charge on any atom is -0.0654 e. The van der Waals surface area contributed by atoms with E-state index in [0.29, 0.717) is 0 Å². The van der Waals surface area contributed by atoms with E-state index in [1.54, 1.807) is 0 Å². The van der Waals surface area contributed by atoms with Crippen molar-refractivity contribution in [2.24, 2.45) is 5.92 Å². The van der Waals surface area contributed by atoms with Crippen molar-refractivity contribution < 1.29 is 0 Å². The molecule has 0 aromatic rings. The van der Waals surface area contributed by atoms with Gasteiger partial charge in [-0.05, 0) is 5.92 Å². The first-order valence-electron chi connectivity index (χ1n) is 8.35. The summed E-state index contributed by atoms with van der Waals surface area (Å²) < 4.78 is 0. The highest BCUT2D eigenvalue weighted by Crippen LogP contribution is 2.20. The van der Waals surface area contributed by atoms with Gasteiger partial charge in [-0.25, -0.2) is 0 Å². The van der Waals surface area contributed by atoms with Crippen molar-refractivity contribution >= 4 is 0 Å². The van der Waals surface area contributed by atoms with Crippen LogP contribution in [0.5, 0.6) is 0 Å². The van der Waals surface area contributed by atoms with Crippen LogP contribution in [0.2, 0.25) is 0 Å². The molecular formula is C17H36. The standard InChI is InChI=1S/C17H36/c1-4-7-9-10-11-12-13-14-16-17(6-3)15-8-5-2/h17H,4-16H2,1-3H3. The molecule has 0 radical (unpaired) electrons. The highest BCUT2D eigenvalue weighted by molar-refractivity contribution is 4.58. The van der Waals surface area contributed by atoms with Crippen molar-refractivity contribution in [1.29, 1.82) is 0 Å². The first kappa shape index (κ1) is 17.0. The molecule has 0 saturated carbocycles. The van der Waals surface area contributed by atoms with Gasteiger partial charge in [-0.1, -0.05) is 104 Å². The summed E-state index contributed by atoms with van der Waals surface area (Å²) in [6, 6.07) is 0. The van der Waals surface area contributed by atoms with Gasteiger partial charge < -0.3 is 0 Å². The lowest BCUT2D eigenvalue weighted by atomic mass is 9.93. The van der Waals surface area contributed by atoms with Gasteiger partial charge in [0.2, 0.25) is 0 Å². The Labute approximate surface area is 111 Å². The smallest absolute Gasteiger partial charge is 0.0417 e. The first-order chi connectivity index (χ1) is 8.35. The Morgan fingerprint density at radius 2 is 1.00 bits per heavy atom. The van der Waals surface area contributed by atoms with Gasteiger partial charge in [0.15, 0.2) is 0 Å². The Morgan fingerprint density at radius 3 is 1.53 bits per heavy atom. The quantitative estimate of drug-likeness (QED) is 0.313. The van der Waals surface area contributed by atoms with Gasteiger partial charge in [-0.15, -0.1) is 0 Å². The van der Waals surface area contributed by atoms with Gasteiger partial charge in [-0.2, -0.15) is 0 Å². The summed E-state index contributed by atoms with van der Waals surface area (Å²) in [5.41, 5.74) is 0. The third kappa shape index (κ3) is 12.2. The molecule has 0 aromatic heterocycles. The number of unbranched alkanes of at least 4 members (excludes halogenated alkanes) is 8. The molecule has 17 heavy (non-hydrogen) atoms. The number of hydrogen-bond acceptors (Lipinski definition) is 0. The fraction of sp³-hybridized carbons (Fsp3) is 1.00. The molecule has 0 fully saturated rings. The van der Waals surface area contributed by atoms with Crippen molar-refractivity contribution in [3.63, 3.8) is 0 Å². The summed E-state index contributed by atoms with van der Waals surface area (Å²) in [7, 11) is 0. The van der Waals surface area contributed by atoms with Gasteiger partial charge in [0, 0.05) is 0 Å². The summed E-state index contributed by atoms with van der Waals surface area (Å²) in [5, 5.41) is 0. The molecule has 0 heteroatoms. The average molecular weight is 240 g/mol. The van der Waals surface area contributed by atoms with Gasteiger partial charge >= 0.3 is 0 Å². The van der Waals surface area contributed by atoms with Crippen molar-refractivity contribution in [1.82, 2.24) is 0 Å². The molecule has 104 valence electrons. The summed E-state index contributed by atoms with van der Waals surface area (Å²) >= 11 is 0. The third-order valence-electron chi connectivity index (χ3n) is 4.01. The lowest BCUT2D eigenvalue weighted by molar-refractivity contribution is 0.399. The summed E-state index contributed by atoms with van der Waals surface area (Å²) in [6.45, 7) is 6.97. The monoisotopic (exact) mass is 240 g/mol. The van der Waals surface area contributed by atoms with Crippen LogP contribution >= 0.6 is 0 Å². The molecule has 0 N–H and O–H groups in total. The maximum atomic E-state index is 2.37.